The van der Waals surface area contributed by atoms with Gasteiger partial charge in [-0.2, -0.15) is 0 Å². The predicted molar refractivity (Wildman–Crippen MR) is 61.3 cm³/mol. The average molecular weight is 259 g/mol. The molecule has 0 saturated heterocycles. The zero-order chi connectivity index (χ0) is 13.6. The van der Waals surface area contributed by atoms with Gasteiger partial charge < -0.3 is 4.74 Å². The van der Waals surface area contributed by atoms with Crippen LogP contribution in [0.5, 0.6) is 5.75 Å². The third-order valence-corrected chi connectivity index (χ3v) is 2.31. The summed E-state index contributed by atoms with van der Waals surface area (Å²) in [5.74, 6) is -0.404. The van der Waals surface area contributed by atoms with Crippen LogP contribution in [0.1, 0.15) is 36.0 Å². The molecule has 0 spiro atoms. The molecule has 1 aromatic rings. The lowest BCUT2D eigenvalue weighted by molar-refractivity contribution is -0.274. The highest BCUT2D eigenvalue weighted by Crippen LogP contribution is 2.23. The highest BCUT2D eigenvalue weighted by molar-refractivity contribution is 5.96. The van der Waals surface area contributed by atoms with E-state index in [-0.39, 0.29) is 11.5 Å². The van der Waals surface area contributed by atoms with E-state index in [4.69, 9.17) is 0 Å². The van der Waals surface area contributed by atoms with E-state index in [1.54, 1.807) is 0 Å². The number of alkyl halides is 3. The molecule has 2 nitrogen and oxygen atoms in total. The van der Waals surface area contributed by atoms with Crippen LogP contribution in [-0.2, 0) is 0 Å². The lowest BCUT2D eigenvalue weighted by Gasteiger charge is -2.08. The summed E-state index contributed by atoms with van der Waals surface area (Å²) >= 11 is 0. The van der Waals surface area contributed by atoms with Crippen molar-refractivity contribution < 1.29 is 22.7 Å². The Morgan fingerprint density at radius 1 is 1.17 bits per heavy atom. The Kier molecular flexibility index (Phi) is 5.19. The molecule has 0 heterocycles. The first-order chi connectivity index (χ1) is 8.42. The van der Waals surface area contributed by atoms with E-state index in [9.17, 15) is 18.0 Å². The molecule has 0 N–H and O–H groups in total. The second-order valence-corrected chi connectivity index (χ2v) is 3.81. The minimum absolute atomic E-state index is 0.0815. The van der Waals surface area contributed by atoms with Gasteiger partial charge in [-0.15, -0.1) is 13.2 Å². The van der Waals surface area contributed by atoms with Crippen molar-refractivity contribution in [2.45, 2.75) is 32.0 Å². The van der Waals surface area contributed by atoms with Crippen molar-refractivity contribution in [2.75, 3.05) is 0 Å². The lowest BCUT2D eigenvalue weighted by Crippen LogP contribution is -2.17. The highest BCUT2D eigenvalue weighted by atomic mass is 19.4. The average Bonchev–Trinajstić information content (AvgIpc) is 2.28. The van der Waals surface area contributed by atoms with Crippen LogP contribution in [0, 0.1) is 6.92 Å². The number of carbonyl (C=O) groups excluding carboxylic acids is 1. The van der Waals surface area contributed by atoms with Gasteiger partial charge in [0.05, 0.1) is 0 Å². The number of Topliss-reactive ketones (excluding diaryl/α,β-unsaturated/α-hetero) is 1. The summed E-state index contributed by atoms with van der Waals surface area (Å²) in [6.45, 7) is 3.67. The Balaban J connectivity index is 2.57. The van der Waals surface area contributed by atoms with Gasteiger partial charge in [0.15, 0.2) is 5.78 Å². The molecule has 0 aliphatic carbocycles. The number of ketones is 1. The summed E-state index contributed by atoms with van der Waals surface area (Å²) < 4.78 is 39.4. The molecule has 0 saturated carbocycles. The van der Waals surface area contributed by atoms with Gasteiger partial charge in [-0.25, -0.2) is 0 Å². The van der Waals surface area contributed by atoms with Gasteiger partial charge >= 0.3 is 6.36 Å². The Morgan fingerprint density at radius 2 is 1.78 bits per heavy atom. The molecular weight excluding hydrogens is 245 g/mol. The number of hydrogen-bond donors (Lipinski definition) is 0. The molecule has 0 fully saturated rings. The van der Waals surface area contributed by atoms with Crippen LogP contribution in [-0.4, -0.2) is 12.1 Å². The predicted octanol–water partition coefficient (Wildman–Crippen LogP) is 4.16. The van der Waals surface area contributed by atoms with Crippen molar-refractivity contribution >= 4 is 5.78 Å². The number of halogens is 3. The maximum absolute atomic E-state index is 11.9. The summed E-state index contributed by atoms with van der Waals surface area (Å²) in [4.78, 5) is 11.6. The van der Waals surface area contributed by atoms with Crippen molar-refractivity contribution in [3.8, 4) is 5.75 Å². The minimum atomic E-state index is -4.71. The van der Waals surface area contributed by atoms with Gasteiger partial charge in [-0.1, -0.05) is 19.8 Å². The number of unbranched alkanes of at least 4 members (excludes halogenated alkanes) is 2. The molecule has 0 amide bonds. The van der Waals surface area contributed by atoms with E-state index in [0.717, 1.165) is 31.4 Å². The fourth-order valence-corrected chi connectivity index (χ4v) is 1.45. The molecule has 0 unspecified atom stereocenters. The van der Waals surface area contributed by atoms with Gasteiger partial charge in [0.2, 0.25) is 0 Å². The van der Waals surface area contributed by atoms with E-state index in [2.05, 4.69) is 11.7 Å². The van der Waals surface area contributed by atoms with Crippen LogP contribution in [0.3, 0.4) is 0 Å². The smallest absolute Gasteiger partial charge is 0.406 e. The second kappa shape index (κ2) is 6.42. The van der Waals surface area contributed by atoms with Gasteiger partial charge in [0.25, 0.3) is 0 Å². The topological polar surface area (TPSA) is 26.3 Å². The molecule has 99 valence electrons. The number of carbonyl (C=O) groups is 1. The maximum atomic E-state index is 11.9. The van der Waals surface area contributed by atoms with Crippen molar-refractivity contribution in [2.24, 2.45) is 0 Å². The lowest BCUT2D eigenvalue weighted by atomic mass is 10.0. The zero-order valence-corrected chi connectivity index (χ0v) is 9.80. The van der Waals surface area contributed by atoms with Crippen LogP contribution in [0.25, 0.3) is 0 Å². The molecule has 1 radical (unpaired) electrons. The first-order valence-electron chi connectivity index (χ1n) is 5.60. The van der Waals surface area contributed by atoms with Gasteiger partial charge in [-0.05, 0) is 30.7 Å². The zero-order valence-electron chi connectivity index (χ0n) is 9.80. The summed E-state index contributed by atoms with van der Waals surface area (Å²) in [7, 11) is 0. The van der Waals surface area contributed by atoms with E-state index in [1.807, 2.05) is 0 Å². The maximum Gasteiger partial charge on any atom is 0.573 e. The Labute approximate surface area is 104 Å². The van der Waals surface area contributed by atoms with Crippen molar-refractivity contribution in [3.05, 3.63) is 36.8 Å². The standard InChI is InChI=1S/C13H14F3O2/c1-2-3-4-5-12(17)10-6-8-11(9-7-10)18-13(14,15)16/h6-9H,1-5H2. The number of rotatable bonds is 6. The molecule has 1 aromatic carbocycles. The Morgan fingerprint density at radius 3 is 2.28 bits per heavy atom. The normalized spacial score (nSPS) is 11.3. The third kappa shape index (κ3) is 5.21. The highest BCUT2D eigenvalue weighted by Gasteiger charge is 2.30. The molecule has 18 heavy (non-hydrogen) atoms. The van der Waals surface area contributed by atoms with Crippen LogP contribution >= 0.6 is 0 Å². The van der Waals surface area contributed by atoms with Crippen molar-refractivity contribution in [3.63, 3.8) is 0 Å². The fourth-order valence-electron chi connectivity index (χ4n) is 1.45. The van der Waals surface area contributed by atoms with Crippen LogP contribution in [0.2, 0.25) is 0 Å². The third-order valence-electron chi connectivity index (χ3n) is 2.31. The molecule has 0 bridgehead atoms. The minimum Gasteiger partial charge on any atom is -0.406 e. The van der Waals surface area contributed by atoms with Crippen LogP contribution < -0.4 is 4.74 Å². The van der Waals surface area contributed by atoms with E-state index >= 15 is 0 Å². The molecule has 1 rings (SSSR count). The molecule has 0 atom stereocenters. The summed E-state index contributed by atoms with van der Waals surface area (Å²) in [6.07, 6.45) is -1.95. The first kappa shape index (κ1) is 14.5. The quantitative estimate of drug-likeness (QED) is 0.566. The number of benzene rings is 1. The largest absolute Gasteiger partial charge is 0.573 e. The first-order valence-corrected chi connectivity index (χ1v) is 5.60. The van der Waals surface area contributed by atoms with E-state index < -0.39 is 6.36 Å². The molecule has 0 aliphatic heterocycles. The summed E-state index contributed by atoms with van der Waals surface area (Å²) in [6, 6.07) is 4.96. The molecule has 0 aliphatic rings. The van der Waals surface area contributed by atoms with E-state index in [1.165, 1.54) is 12.1 Å². The van der Waals surface area contributed by atoms with E-state index in [0.29, 0.717) is 12.0 Å². The molecular formula is C13H14F3O2. The summed E-state index contributed by atoms with van der Waals surface area (Å²) in [5.41, 5.74) is 0.397. The Hall–Kier alpha value is -1.52. The van der Waals surface area contributed by atoms with Crippen LogP contribution in [0.4, 0.5) is 13.2 Å². The number of ether oxygens (including phenoxy) is 1. The van der Waals surface area contributed by atoms with Gasteiger partial charge in [0.1, 0.15) is 5.75 Å². The molecule has 5 heteroatoms. The molecule has 0 aromatic heterocycles. The number of hydrogen-bond acceptors (Lipinski definition) is 2. The van der Waals surface area contributed by atoms with Crippen LogP contribution in [0.15, 0.2) is 24.3 Å². The summed E-state index contributed by atoms with van der Waals surface area (Å²) in [5, 5.41) is 0. The SMILES string of the molecule is [CH2]CCCCC(=O)c1ccc(OC(F)(F)F)cc1. The second-order valence-electron chi connectivity index (χ2n) is 3.81. The fraction of sp³-hybridized carbons (Fsp3) is 0.385. The Bertz CT molecular complexity index is 382. The van der Waals surface area contributed by atoms with Gasteiger partial charge in [0, 0.05) is 12.0 Å². The van der Waals surface area contributed by atoms with Crippen molar-refractivity contribution in [1.29, 1.82) is 0 Å². The van der Waals surface area contributed by atoms with Crippen molar-refractivity contribution in [1.82, 2.24) is 0 Å². The monoisotopic (exact) mass is 259 g/mol. The van der Waals surface area contributed by atoms with Gasteiger partial charge in [-0.3, -0.25) is 4.79 Å².